The number of amides is 2. The van der Waals surface area contributed by atoms with Gasteiger partial charge in [0.2, 0.25) is 5.91 Å². The first-order valence-electron chi connectivity index (χ1n) is 7.92. The minimum absolute atomic E-state index is 0.108. The monoisotopic (exact) mass is 326 g/mol. The molecule has 0 heterocycles. The van der Waals surface area contributed by atoms with Gasteiger partial charge in [0, 0.05) is 11.3 Å². The molecule has 0 fully saturated rings. The van der Waals surface area contributed by atoms with Crippen LogP contribution in [0.1, 0.15) is 42.1 Å². The van der Waals surface area contributed by atoms with E-state index in [2.05, 4.69) is 19.2 Å². The Morgan fingerprint density at radius 1 is 1.08 bits per heavy atom. The summed E-state index contributed by atoms with van der Waals surface area (Å²) in [5.41, 5.74) is 7.55. The van der Waals surface area contributed by atoms with Crippen LogP contribution in [0.25, 0.3) is 0 Å². The Labute approximate surface area is 141 Å². The molecule has 2 amide bonds. The van der Waals surface area contributed by atoms with Crippen LogP contribution >= 0.6 is 0 Å². The predicted octanol–water partition coefficient (Wildman–Crippen LogP) is 3.32. The smallest absolute Gasteiger partial charge is 0.262 e. The fourth-order valence-electron chi connectivity index (χ4n) is 2.19. The molecular weight excluding hydrogens is 304 g/mol. The summed E-state index contributed by atoms with van der Waals surface area (Å²) in [4.78, 5) is 22.9. The Bertz CT molecular complexity index is 694. The molecule has 0 saturated heterocycles. The zero-order valence-electron chi connectivity index (χ0n) is 13.9. The summed E-state index contributed by atoms with van der Waals surface area (Å²) >= 11 is 0. The minimum atomic E-state index is -0.500. The number of nitrogens with two attached hydrogens (primary N) is 1. The Balaban J connectivity index is 1.85. The average Bonchev–Trinajstić information content (AvgIpc) is 2.60. The first-order valence-corrected chi connectivity index (χ1v) is 7.92. The van der Waals surface area contributed by atoms with Gasteiger partial charge < -0.3 is 15.8 Å². The molecule has 0 spiro atoms. The van der Waals surface area contributed by atoms with Gasteiger partial charge >= 0.3 is 0 Å². The highest BCUT2D eigenvalue weighted by molar-refractivity contribution is 5.93. The van der Waals surface area contributed by atoms with Crippen LogP contribution in [-0.4, -0.2) is 18.4 Å². The van der Waals surface area contributed by atoms with Gasteiger partial charge in [0.15, 0.2) is 6.61 Å². The summed E-state index contributed by atoms with van der Waals surface area (Å²) in [6.07, 6.45) is 1.08. The fraction of sp³-hybridized carbons (Fsp3) is 0.263. The van der Waals surface area contributed by atoms with Gasteiger partial charge in [-0.2, -0.15) is 0 Å². The average molecular weight is 326 g/mol. The molecule has 2 aromatic carbocycles. The van der Waals surface area contributed by atoms with Gasteiger partial charge in [0.25, 0.3) is 5.91 Å². The zero-order chi connectivity index (χ0) is 17.5. The lowest BCUT2D eigenvalue weighted by atomic mass is 9.99. The van der Waals surface area contributed by atoms with E-state index >= 15 is 0 Å². The van der Waals surface area contributed by atoms with Crippen molar-refractivity contribution in [1.82, 2.24) is 0 Å². The first kappa shape index (κ1) is 17.5. The molecule has 2 aromatic rings. The van der Waals surface area contributed by atoms with Crippen molar-refractivity contribution in [2.45, 2.75) is 26.2 Å². The lowest BCUT2D eigenvalue weighted by molar-refractivity contribution is -0.118. The molecule has 0 saturated carbocycles. The van der Waals surface area contributed by atoms with Crippen molar-refractivity contribution < 1.29 is 14.3 Å². The van der Waals surface area contributed by atoms with Crippen LogP contribution in [0.2, 0.25) is 0 Å². The maximum atomic E-state index is 11.9. The largest absolute Gasteiger partial charge is 0.484 e. The van der Waals surface area contributed by atoms with Crippen LogP contribution < -0.4 is 15.8 Å². The molecule has 5 nitrogen and oxygen atoms in total. The summed E-state index contributed by atoms with van der Waals surface area (Å²) in [5.74, 6) is 0.258. The lowest BCUT2D eigenvalue weighted by Gasteiger charge is -2.11. The Hall–Kier alpha value is -2.82. The van der Waals surface area contributed by atoms with Gasteiger partial charge in [-0.1, -0.05) is 26.0 Å². The minimum Gasteiger partial charge on any atom is -0.484 e. The number of carbonyl (C=O) groups is 2. The third-order valence-corrected chi connectivity index (χ3v) is 3.88. The van der Waals surface area contributed by atoms with Crippen molar-refractivity contribution in [3.8, 4) is 5.75 Å². The number of nitrogens with one attached hydrogen (secondary N) is 1. The van der Waals surface area contributed by atoms with E-state index < -0.39 is 5.91 Å². The standard InChI is InChI=1S/C19H22N2O3/c1-3-13(2)14-4-8-16(9-5-14)21-18(22)12-24-17-10-6-15(7-11-17)19(20)23/h4-11,13H,3,12H2,1-2H3,(H2,20,23)(H,21,22)/t13-/m1/s1. The summed E-state index contributed by atoms with van der Waals surface area (Å²) in [6.45, 7) is 4.21. The number of rotatable bonds is 7. The number of primary amides is 1. The van der Waals surface area contributed by atoms with Crippen LogP contribution in [0, 0.1) is 0 Å². The Kier molecular flexibility index (Phi) is 5.95. The maximum absolute atomic E-state index is 11.9. The highest BCUT2D eigenvalue weighted by Crippen LogP contribution is 2.20. The number of hydrogen-bond donors (Lipinski definition) is 2. The quantitative estimate of drug-likeness (QED) is 0.819. The van der Waals surface area contributed by atoms with Crippen molar-refractivity contribution in [2.75, 3.05) is 11.9 Å². The molecule has 126 valence electrons. The molecule has 1 atom stereocenters. The van der Waals surface area contributed by atoms with E-state index in [-0.39, 0.29) is 12.5 Å². The third-order valence-electron chi connectivity index (χ3n) is 3.88. The maximum Gasteiger partial charge on any atom is 0.262 e. The fourth-order valence-corrected chi connectivity index (χ4v) is 2.19. The van der Waals surface area contributed by atoms with Gasteiger partial charge in [-0.25, -0.2) is 0 Å². The predicted molar refractivity (Wildman–Crippen MR) is 94.2 cm³/mol. The second-order valence-electron chi connectivity index (χ2n) is 5.66. The van der Waals surface area contributed by atoms with Gasteiger partial charge in [-0.15, -0.1) is 0 Å². The third kappa shape index (κ3) is 4.84. The number of carbonyl (C=O) groups excluding carboxylic acids is 2. The number of benzene rings is 2. The summed E-state index contributed by atoms with van der Waals surface area (Å²) in [5, 5.41) is 2.79. The van der Waals surface area contributed by atoms with E-state index in [1.165, 1.54) is 5.56 Å². The normalized spacial score (nSPS) is 11.6. The Morgan fingerprint density at radius 3 is 2.25 bits per heavy atom. The molecule has 5 heteroatoms. The number of ether oxygens (including phenoxy) is 1. The highest BCUT2D eigenvalue weighted by atomic mass is 16.5. The number of hydrogen-bond acceptors (Lipinski definition) is 3. The first-order chi connectivity index (χ1) is 11.5. The van der Waals surface area contributed by atoms with Crippen molar-refractivity contribution in [1.29, 1.82) is 0 Å². The Morgan fingerprint density at radius 2 is 1.71 bits per heavy atom. The van der Waals surface area contributed by atoms with Crippen molar-refractivity contribution in [3.63, 3.8) is 0 Å². The van der Waals surface area contributed by atoms with E-state index in [0.29, 0.717) is 17.2 Å². The molecule has 0 aliphatic rings. The van der Waals surface area contributed by atoms with Crippen LogP contribution in [0.15, 0.2) is 48.5 Å². The molecule has 0 radical (unpaired) electrons. The molecule has 24 heavy (non-hydrogen) atoms. The van der Waals surface area contributed by atoms with Gasteiger partial charge in [0.05, 0.1) is 0 Å². The van der Waals surface area contributed by atoms with Crippen LogP contribution in [0.3, 0.4) is 0 Å². The SMILES string of the molecule is CC[C@@H](C)c1ccc(NC(=O)COc2ccc(C(N)=O)cc2)cc1. The van der Waals surface area contributed by atoms with Crippen molar-refractivity contribution in [3.05, 3.63) is 59.7 Å². The van der Waals surface area contributed by atoms with E-state index in [1.54, 1.807) is 24.3 Å². The van der Waals surface area contributed by atoms with E-state index in [9.17, 15) is 9.59 Å². The molecule has 0 aliphatic heterocycles. The van der Waals surface area contributed by atoms with Crippen molar-refractivity contribution in [2.24, 2.45) is 5.73 Å². The second-order valence-corrected chi connectivity index (χ2v) is 5.66. The van der Waals surface area contributed by atoms with Gasteiger partial charge in [-0.3, -0.25) is 9.59 Å². The summed E-state index contributed by atoms with van der Waals surface area (Å²) in [6, 6.07) is 14.2. The molecule has 2 rings (SSSR count). The molecule has 0 aliphatic carbocycles. The zero-order valence-corrected chi connectivity index (χ0v) is 13.9. The molecular formula is C19H22N2O3. The summed E-state index contributed by atoms with van der Waals surface area (Å²) in [7, 11) is 0. The topological polar surface area (TPSA) is 81.4 Å². The van der Waals surface area contributed by atoms with E-state index in [0.717, 1.165) is 12.1 Å². The molecule has 0 aromatic heterocycles. The highest BCUT2D eigenvalue weighted by Gasteiger charge is 2.06. The molecule has 0 bridgehead atoms. The summed E-state index contributed by atoms with van der Waals surface area (Å²) < 4.78 is 5.39. The van der Waals surface area contributed by atoms with E-state index in [4.69, 9.17) is 10.5 Å². The molecule has 0 unspecified atom stereocenters. The van der Waals surface area contributed by atoms with Gasteiger partial charge in [0.1, 0.15) is 5.75 Å². The number of anilines is 1. The van der Waals surface area contributed by atoms with Crippen LogP contribution in [0.4, 0.5) is 5.69 Å². The van der Waals surface area contributed by atoms with Gasteiger partial charge in [-0.05, 0) is 54.3 Å². The van der Waals surface area contributed by atoms with Crippen molar-refractivity contribution >= 4 is 17.5 Å². The second kappa shape index (κ2) is 8.15. The van der Waals surface area contributed by atoms with Crippen LogP contribution in [0.5, 0.6) is 5.75 Å². The lowest BCUT2D eigenvalue weighted by Crippen LogP contribution is -2.20. The van der Waals surface area contributed by atoms with E-state index in [1.807, 2.05) is 24.3 Å². The molecule has 3 N–H and O–H groups in total. The van der Waals surface area contributed by atoms with Crippen LogP contribution in [-0.2, 0) is 4.79 Å².